The van der Waals surface area contributed by atoms with Gasteiger partial charge < -0.3 is 10.1 Å². The van der Waals surface area contributed by atoms with Crippen LogP contribution in [0.15, 0.2) is 18.2 Å². The molecule has 1 aromatic rings. The third-order valence-electron chi connectivity index (χ3n) is 3.54. The summed E-state index contributed by atoms with van der Waals surface area (Å²) >= 11 is 0. The molecule has 0 saturated heterocycles. The van der Waals surface area contributed by atoms with Gasteiger partial charge in [0.05, 0.1) is 6.61 Å². The molecule has 1 N–H and O–H groups in total. The van der Waals surface area contributed by atoms with Crippen LogP contribution >= 0.6 is 0 Å². The van der Waals surface area contributed by atoms with Crippen LogP contribution in [0, 0.1) is 6.92 Å². The Morgan fingerprint density at radius 1 is 1.05 bits per heavy atom. The standard InChI is InChI=1S/C19H33NO/c1-6-21-18-13-12-16(2)15-17(18)11-9-7-8-10-14-20-19(3,4)5/h12-13,15,20H,6-11,14H2,1-5H3. The van der Waals surface area contributed by atoms with Crippen LogP contribution in [0.1, 0.15) is 64.5 Å². The molecule has 0 aliphatic carbocycles. The summed E-state index contributed by atoms with van der Waals surface area (Å²) in [6.07, 6.45) is 6.25. The van der Waals surface area contributed by atoms with Gasteiger partial charge in [0.25, 0.3) is 0 Å². The Labute approximate surface area is 131 Å². The average molecular weight is 291 g/mol. The lowest BCUT2D eigenvalue weighted by molar-refractivity contribution is 0.336. The highest BCUT2D eigenvalue weighted by molar-refractivity contribution is 5.37. The molecule has 0 atom stereocenters. The van der Waals surface area contributed by atoms with E-state index in [2.05, 4.69) is 51.2 Å². The van der Waals surface area contributed by atoms with Gasteiger partial charge >= 0.3 is 0 Å². The molecule has 0 fully saturated rings. The molecular weight excluding hydrogens is 258 g/mol. The summed E-state index contributed by atoms with van der Waals surface area (Å²) in [6, 6.07) is 6.51. The molecule has 0 radical (unpaired) electrons. The smallest absolute Gasteiger partial charge is 0.122 e. The number of rotatable bonds is 9. The number of aryl methyl sites for hydroxylation is 2. The fraction of sp³-hybridized carbons (Fsp3) is 0.684. The second-order valence-electron chi connectivity index (χ2n) is 6.89. The molecule has 0 saturated carbocycles. The fourth-order valence-corrected chi connectivity index (χ4v) is 2.46. The summed E-state index contributed by atoms with van der Waals surface area (Å²) in [4.78, 5) is 0. The van der Waals surface area contributed by atoms with Gasteiger partial charge in [-0.2, -0.15) is 0 Å². The summed E-state index contributed by atoms with van der Waals surface area (Å²) in [7, 11) is 0. The molecule has 120 valence electrons. The minimum Gasteiger partial charge on any atom is -0.494 e. The zero-order chi connectivity index (χ0) is 15.7. The largest absolute Gasteiger partial charge is 0.494 e. The van der Waals surface area contributed by atoms with E-state index in [9.17, 15) is 0 Å². The first-order valence-corrected chi connectivity index (χ1v) is 8.40. The zero-order valence-electron chi connectivity index (χ0n) is 14.6. The van der Waals surface area contributed by atoms with Gasteiger partial charge in [-0.05, 0) is 72.1 Å². The highest BCUT2D eigenvalue weighted by Gasteiger charge is 2.07. The SMILES string of the molecule is CCOc1ccc(C)cc1CCCCCCNC(C)(C)C. The van der Waals surface area contributed by atoms with Crippen molar-refractivity contribution in [3.05, 3.63) is 29.3 Å². The monoisotopic (exact) mass is 291 g/mol. The lowest BCUT2D eigenvalue weighted by Gasteiger charge is -2.20. The zero-order valence-corrected chi connectivity index (χ0v) is 14.6. The molecule has 1 rings (SSSR count). The van der Waals surface area contributed by atoms with E-state index >= 15 is 0 Å². The van der Waals surface area contributed by atoms with E-state index in [1.165, 1.54) is 36.8 Å². The topological polar surface area (TPSA) is 21.3 Å². The van der Waals surface area contributed by atoms with Gasteiger partial charge in [-0.1, -0.05) is 30.5 Å². The van der Waals surface area contributed by atoms with Crippen molar-refractivity contribution >= 4 is 0 Å². The van der Waals surface area contributed by atoms with Crippen molar-refractivity contribution in [3.8, 4) is 5.75 Å². The molecule has 21 heavy (non-hydrogen) atoms. The molecule has 1 aromatic carbocycles. The third-order valence-corrected chi connectivity index (χ3v) is 3.54. The molecule has 0 bridgehead atoms. The molecular formula is C19H33NO. The predicted molar refractivity (Wildman–Crippen MR) is 92.3 cm³/mol. The van der Waals surface area contributed by atoms with E-state index in [1.807, 2.05) is 6.92 Å². The fourth-order valence-electron chi connectivity index (χ4n) is 2.46. The minimum absolute atomic E-state index is 0.244. The van der Waals surface area contributed by atoms with Gasteiger partial charge in [0.2, 0.25) is 0 Å². The highest BCUT2D eigenvalue weighted by Crippen LogP contribution is 2.22. The van der Waals surface area contributed by atoms with Crippen molar-refractivity contribution < 1.29 is 4.74 Å². The van der Waals surface area contributed by atoms with Gasteiger partial charge in [-0.25, -0.2) is 0 Å². The molecule has 2 nitrogen and oxygen atoms in total. The van der Waals surface area contributed by atoms with Crippen molar-refractivity contribution in [2.75, 3.05) is 13.2 Å². The van der Waals surface area contributed by atoms with Crippen LogP contribution < -0.4 is 10.1 Å². The van der Waals surface area contributed by atoms with Crippen LogP contribution in [0.4, 0.5) is 0 Å². The van der Waals surface area contributed by atoms with E-state index < -0.39 is 0 Å². The summed E-state index contributed by atoms with van der Waals surface area (Å²) in [5, 5.41) is 3.54. The predicted octanol–water partition coefficient (Wildman–Crippen LogP) is 4.88. The number of benzene rings is 1. The van der Waals surface area contributed by atoms with Crippen molar-refractivity contribution in [1.29, 1.82) is 0 Å². The Balaban J connectivity index is 2.25. The van der Waals surface area contributed by atoms with Crippen molar-refractivity contribution in [2.45, 2.75) is 72.3 Å². The molecule has 0 unspecified atom stereocenters. The maximum Gasteiger partial charge on any atom is 0.122 e. The molecule has 0 spiro atoms. The van der Waals surface area contributed by atoms with Crippen LogP contribution in [0.2, 0.25) is 0 Å². The lowest BCUT2D eigenvalue weighted by atomic mass is 10.0. The average Bonchev–Trinajstić information content (AvgIpc) is 2.39. The van der Waals surface area contributed by atoms with Gasteiger partial charge in [0, 0.05) is 5.54 Å². The number of nitrogens with one attached hydrogen (secondary N) is 1. The Morgan fingerprint density at radius 2 is 1.76 bits per heavy atom. The van der Waals surface area contributed by atoms with Crippen LogP contribution in [-0.2, 0) is 6.42 Å². The van der Waals surface area contributed by atoms with Crippen LogP contribution in [0.5, 0.6) is 5.75 Å². The quantitative estimate of drug-likeness (QED) is 0.654. The van der Waals surface area contributed by atoms with E-state index in [0.29, 0.717) is 0 Å². The number of ether oxygens (including phenoxy) is 1. The first-order chi connectivity index (χ1) is 9.92. The van der Waals surface area contributed by atoms with Crippen molar-refractivity contribution in [2.24, 2.45) is 0 Å². The van der Waals surface area contributed by atoms with Crippen LogP contribution in [0.25, 0.3) is 0 Å². The number of hydrogen-bond donors (Lipinski definition) is 1. The van der Waals surface area contributed by atoms with E-state index in [0.717, 1.165) is 25.3 Å². The Morgan fingerprint density at radius 3 is 2.43 bits per heavy atom. The second-order valence-corrected chi connectivity index (χ2v) is 6.89. The molecule has 0 aliphatic heterocycles. The molecule has 0 amide bonds. The summed E-state index contributed by atoms with van der Waals surface area (Å²) in [6.45, 7) is 12.7. The normalized spacial score (nSPS) is 11.7. The van der Waals surface area contributed by atoms with E-state index in [4.69, 9.17) is 4.74 Å². The Hall–Kier alpha value is -1.02. The first kappa shape index (κ1) is 18.0. The highest BCUT2D eigenvalue weighted by atomic mass is 16.5. The van der Waals surface area contributed by atoms with Gasteiger partial charge in [-0.3, -0.25) is 0 Å². The summed E-state index contributed by atoms with van der Waals surface area (Å²) in [5.74, 6) is 1.07. The number of unbranched alkanes of at least 4 members (excludes halogenated alkanes) is 3. The maximum atomic E-state index is 5.72. The molecule has 0 aromatic heterocycles. The van der Waals surface area contributed by atoms with Crippen LogP contribution in [-0.4, -0.2) is 18.7 Å². The van der Waals surface area contributed by atoms with E-state index in [-0.39, 0.29) is 5.54 Å². The third kappa shape index (κ3) is 8.11. The number of hydrogen-bond acceptors (Lipinski definition) is 2. The molecule has 0 heterocycles. The summed E-state index contributed by atoms with van der Waals surface area (Å²) in [5.41, 5.74) is 2.93. The van der Waals surface area contributed by atoms with E-state index in [1.54, 1.807) is 0 Å². The maximum absolute atomic E-state index is 5.72. The Kier molecular flexibility index (Phi) is 7.81. The minimum atomic E-state index is 0.244. The lowest BCUT2D eigenvalue weighted by Crippen LogP contribution is -2.36. The van der Waals surface area contributed by atoms with Gasteiger partial charge in [0.15, 0.2) is 0 Å². The van der Waals surface area contributed by atoms with Gasteiger partial charge in [0.1, 0.15) is 5.75 Å². The molecule has 2 heteroatoms. The van der Waals surface area contributed by atoms with Crippen LogP contribution in [0.3, 0.4) is 0 Å². The first-order valence-electron chi connectivity index (χ1n) is 8.40. The van der Waals surface area contributed by atoms with Crippen molar-refractivity contribution in [1.82, 2.24) is 5.32 Å². The van der Waals surface area contributed by atoms with Crippen molar-refractivity contribution in [3.63, 3.8) is 0 Å². The molecule has 0 aliphatic rings. The summed E-state index contributed by atoms with van der Waals surface area (Å²) < 4.78 is 5.72. The Bertz CT molecular complexity index is 407. The van der Waals surface area contributed by atoms with Gasteiger partial charge in [-0.15, -0.1) is 0 Å². The second kappa shape index (κ2) is 9.09.